The predicted octanol–water partition coefficient (Wildman–Crippen LogP) is 9.12. The Balaban J connectivity index is 2.05. The number of carbonyl (C=O) groups is 1. The fourth-order valence-corrected chi connectivity index (χ4v) is 6.44. The quantitative estimate of drug-likeness (QED) is 0.103. The van der Waals surface area contributed by atoms with Crippen LogP contribution in [0.15, 0.2) is 29.2 Å². The first-order valence-corrected chi connectivity index (χ1v) is 15.2. The van der Waals surface area contributed by atoms with Gasteiger partial charge in [-0.1, -0.05) is 109 Å². The summed E-state index contributed by atoms with van der Waals surface area (Å²) >= 11 is 0. The van der Waals surface area contributed by atoms with Gasteiger partial charge in [0.05, 0.1) is 6.61 Å². The van der Waals surface area contributed by atoms with E-state index in [1.54, 1.807) is 0 Å². The lowest BCUT2D eigenvalue weighted by Gasteiger charge is -2.10. The summed E-state index contributed by atoms with van der Waals surface area (Å²) in [6, 6.07) is 8.06. The van der Waals surface area contributed by atoms with Gasteiger partial charge in [0.25, 0.3) is 0 Å². The van der Waals surface area contributed by atoms with Crippen molar-refractivity contribution < 1.29 is 9.53 Å². The lowest BCUT2D eigenvalue weighted by Crippen LogP contribution is -2.16. The second-order valence-corrected chi connectivity index (χ2v) is 11.4. The van der Waals surface area contributed by atoms with Gasteiger partial charge in [0.1, 0.15) is 17.1 Å². The zero-order valence-corrected chi connectivity index (χ0v) is 22.3. The first-order valence-electron chi connectivity index (χ1n) is 13.7. The average Bonchev–Trinajstić information content (AvgIpc) is 2.81. The summed E-state index contributed by atoms with van der Waals surface area (Å²) in [5, 5.41) is 0. The van der Waals surface area contributed by atoms with Crippen molar-refractivity contribution in [2.24, 2.45) is 0 Å². The average molecular weight is 464 g/mol. The third-order valence-electron chi connectivity index (χ3n) is 6.29. The normalized spacial score (nSPS) is 12.1. The van der Waals surface area contributed by atoms with E-state index in [-0.39, 0.29) is 16.9 Å². The molecule has 0 saturated carbocycles. The molecular weight excluding hydrogens is 412 g/mol. The molecule has 0 aliphatic heterocycles. The molecule has 0 radical (unpaired) electrons. The van der Waals surface area contributed by atoms with Gasteiger partial charge >= 0.3 is 5.97 Å². The summed E-state index contributed by atoms with van der Waals surface area (Å²) in [7, 11) is 0.151. The maximum Gasteiger partial charge on any atom is 0.343 e. The standard InChI is InChI=1S/C29H51O2S/c1-4-7-8-9-10-11-12-13-14-15-16-17-18-19-20-23-26-32(6-3)28-25-22-21-24-27(28)29(30)31-5-2/h21-22,24-25H,4-20,23,26H2,1-3H3/q+1. The van der Waals surface area contributed by atoms with Crippen molar-refractivity contribution in [3.63, 3.8) is 0 Å². The number of hydrogen-bond donors (Lipinski definition) is 0. The SMILES string of the molecule is CCCCCCCCCCCCCCCCCC[S+](CC)c1ccccc1C(=O)OCC. The van der Waals surface area contributed by atoms with Crippen LogP contribution >= 0.6 is 0 Å². The number of ether oxygens (including phenoxy) is 1. The van der Waals surface area contributed by atoms with Gasteiger partial charge in [-0.2, -0.15) is 0 Å². The van der Waals surface area contributed by atoms with Gasteiger partial charge in [-0.3, -0.25) is 0 Å². The fourth-order valence-electron chi connectivity index (χ4n) is 4.33. The van der Waals surface area contributed by atoms with Crippen LogP contribution in [0.2, 0.25) is 0 Å². The van der Waals surface area contributed by atoms with Crippen LogP contribution in [0.4, 0.5) is 0 Å². The minimum absolute atomic E-state index is 0.151. The first-order chi connectivity index (χ1) is 15.7. The zero-order chi connectivity index (χ0) is 23.3. The van der Waals surface area contributed by atoms with Crippen LogP contribution in [0.5, 0.6) is 0 Å². The topological polar surface area (TPSA) is 26.3 Å². The van der Waals surface area contributed by atoms with Gasteiger partial charge in [-0.15, -0.1) is 0 Å². The minimum atomic E-state index is -0.166. The number of benzene rings is 1. The molecule has 0 heterocycles. The molecule has 0 spiro atoms. The van der Waals surface area contributed by atoms with E-state index in [0.29, 0.717) is 6.61 Å². The van der Waals surface area contributed by atoms with E-state index in [9.17, 15) is 4.79 Å². The Morgan fingerprint density at radius 2 is 1.16 bits per heavy atom. The van der Waals surface area contributed by atoms with E-state index >= 15 is 0 Å². The lowest BCUT2D eigenvalue weighted by molar-refractivity contribution is 0.0522. The highest BCUT2D eigenvalue weighted by Crippen LogP contribution is 2.22. The van der Waals surface area contributed by atoms with Crippen molar-refractivity contribution in [2.45, 2.75) is 128 Å². The van der Waals surface area contributed by atoms with E-state index in [4.69, 9.17) is 4.74 Å². The lowest BCUT2D eigenvalue weighted by atomic mass is 10.0. The molecule has 0 bridgehead atoms. The summed E-state index contributed by atoms with van der Waals surface area (Å²) in [6.45, 7) is 6.85. The highest BCUT2D eigenvalue weighted by molar-refractivity contribution is 7.96. The molecule has 0 fully saturated rings. The monoisotopic (exact) mass is 463 g/mol. The molecule has 1 aromatic carbocycles. The Morgan fingerprint density at radius 1 is 0.688 bits per heavy atom. The van der Waals surface area contributed by atoms with Crippen molar-refractivity contribution in [2.75, 3.05) is 18.1 Å². The van der Waals surface area contributed by atoms with E-state index in [1.165, 1.54) is 113 Å². The molecule has 1 unspecified atom stereocenters. The van der Waals surface area contributed by atoms with Crippen LogP contribution in [-0.2, 0) is 15.6 Å². The van der Waals surface area contributed by atoms with Crippen LogP contribution in [0, 0.1) is 0 Å². The van der Waals surface area contributed by atoms with Gasteiger partial charge < -0.3 is 4.74 Å². The van der Waals surface area contributed by atoms with E-state index in [1.807, 2.05) is 19.1 Å². The first kappa shape index (κ1) is 29.1. The number of unbranched alkanes of at least 4 members (excludes halogenated alkanes) is 15. The van der Waals surface area contributed by atoms with Crippen LogP contribution in [0.3, 0.4) is 0 Å². The van der Waals surface area contributed by atoms with Crippen LogP contribution in [0.1, 0.15) is 134 Å². The van der Waals surface area contributed by atoms with Crippen LogP contribution in [0.25, 0.3) is 0 Å². The summed E-state index contributed by atoms with van der Waals surface area (Å²) in [6.07, 6.45) is 22.5. The van der Waals surface area contributed by atoms with Crippen LogP contribution in [-0.4, -0.2) is 24.1 Å². The molecule has 0 aromatic heterocycles. The number of esters is 1. The van der Waals surface area contributed by atoms with Crippen molar-refractivity contribution >= 4 is 16.9 Å². The van der Waals surface area contributed by atoms with Gasteiger partial charge in [0.2, 0.25) is 0 Å². The minimum Gasteiger partial charge on any atom is -0.462 e. The fraction of sp³-hybridized carbons (Fsp3) is 0.759. The molecule has 0 N–H and O–H groups in total. The van der Waals surface area contributed by atoms with E-state index < -0.39 is 0 Å². The number of rotatable bonds is 21. The summed E-state index contributed by atoms with van der Waals surface area (Å²) in [5.41, 5.74) is 0.774. The Hall–Kier alpha value is -0.960. The van der Waals surface area contributed by atoms with Crippen LogP contribution < -0.4 is 0 Å². The maximum absolute atomic E-state index is 12.3. The molecule has 0 amide bonds. The second kappa shape index (κ2) is 20.6. The maximum atomic E-state index is 12.3. The molecule has 0 aliphatic carbocycles. The molecule has 184 valence electrons. The largest absolute Gasteiger partial charge is 0.462 e. The molecule has 1 rings (SSSR count). The Morgan fingerprint density at radius 3 is 1.62 bits per heavy atom. The summed E-state index contributed by atoms with van der Waals surface area (Å²) in [5.74, 6) is 2.14. The molecule has 1 aromatic rings. The summed E-state index contributed by atoms with van der Waals surface area (Å²) < 4.78 is 5.26. The molecular formula is C29H51O2S+. The van der Waals surface area contributed by atoms with Crippen molar-refractivity contribution in [1.82, 2.24) is 0 Å². The molecule has 1 atom stereocenters. The third kappa shape index (κ3) is 13.6. The molecule has 0 saturated heterocycles. The predicted molar refractivity (Wildman–Crippen MR) is 143 cm³/mol. The van der Waals surface area contributed by atoms with Gasteiger partial charge in [-0.25, -0.2) is 4.79 Å². The highest BCUT2D eigenvalue weighted by Gasteiger charge is 2.26. The van der Waals surface area contributed by atoms with Gasteiger partial charge in [0, 0.05) is 10.9 Å². The van der Waals surface area contributed by atoms with E-state index in [0.717, 1.165) is 11.3 Å². The number of hydrogen-bond acceptors (Lipinski definition) is 2. The highest BCUT2D eigenvalue weighted by atomic mass is 32.2. The molecule has 32 heavy (non-hydrogen) atoms. The van der Waals surface area contributed by atoms with Crippen molar-refractivity contribution in [3.05, 3.63) is 29.8 Å². The smallest absolute Gasteiger partial charge is 0.343 e. The molecule has 3 heteroatoms. The summed E-state index contributed by atoms with van der Waals surface area (Å²) in [4.78, 5) is 13.5. The second-order valence-electron chi connectivity index (χ2n) is 9.01. The van der Waals surface area contributed by atoms with E-state index in [2.05, 4.69) is 26.0 Å². The number of carbonyl (C=O) groups excluding carboxylic acids is 1. The van der Waals surface area contributed by atoms with Gasteiger partial charge in [-0.05, 0) is 38.8 Å². The third-order valence-corrected chi connectivity index (χ3v) is 8.74. The van der Waals surface area contributed by atoms with Gasteiger partial charge in [0.15, 0.2) is 4.90 Å². The Kier molecular flexibility index (Phi) is 18.7. The Labute approximate surface area is 202 Å². The van der Waals surface area contributed by atoms with Crippen molar-refractivity contribution in [1.29, 1.82) is 0 Å². The zero-order valence-electron chi connectivity index (χ0n) is 21.5. The Bertz CT molecular complexity index is 572. The molecule has 2 nitrogen and oxygen atoms in total. The van der Waals surface area contributed by atoms with Crippen molar-refractivity contribution in [3.8, 4) is 0 Å². The molecule has 0 aliphatic rings.